The smallest absolute Gasteiger partial charge is 0.306 e. The van der Waals surface area contributed by atoms with Crippen molar-refractivity contribution in [1.29, 1.82) is 0 Å². The van der Waals surface area contributed by atoms with Gasteiger partial charge in [0, 0.05) is 18.2 Å². The lowest BCUT2D eigenvalue weighted by Crippen LogP contribution is -2.40. The highest BCUT2D eigenvalue weighted by atomic mass is 19.1. The van der Waals surface area contributed by atoms with Gasteiger partial charge in [-0.3, -0.25) is 9.59 Å². The zero-order valence-corrected chi connectivity index (χ0v) is 11.0. The summed E-state index contributed by atoms with van der Waals surface area (Å²) in [6, 6.07) is 0.397. The molecule has 1 aliphatic carbocycles. The van der Waals surface area contributed by atoms with Crippen molar-refractivity contribution in [2.75, 3.05) is 0 Å². The van der Waals surface area contributed by atoms with Gasteiger partial charge in [0.1, 0.15) is 23.0 Å². The molecule has 21 heavy (non-hydrogen) atoms. The number of benzene rings is 1. The molecule has 2 atom stereocenters. The molecular formula is C14H14F3NO3. The van der Waals surface area contributed by atoms with Crippen molar-refractivity contribution in [3.05, 3.63) is 35.1 Å². The monoisotopic (exact) mass is 301 g/mol. The van der Waals surface area contributed by atoms with Crippen molar-refractivity contribution in [1.82, 2.24) is 5.32 Å². The van der Waals surface area contributed by atoms with Crippen molar-refractivity contribution in [2.24, 2.45) is 5.92 Å². The fraction of sp³-hybridized carbons (Fsp3) is 0.429. The third-order valence-corrected chi connectivity index (χ3v) is 3.59. The number of hydrogen-bond acceptors (Lipinski definition) is 2. The first-order chi connectivity index (χ1) is 9.88. The van der Waals surface area contributed by atoms with E-state index in [1.807, 2.05) is 0 Å². The standard InChI is InChI=1S/C14H14F3NO3/c15-8-5-10(16)12(11(17)6-8)13(19)18-9-3-1-2-7(4-9)14(20)21/h5-7,9H,1-4H2,(H,18,19)(H,20,21). The molecule has 1 saturated carbocycles. The van der Waals surface area contributed by atoms with Crippen molar-refractivity contribution in [3.63, 3.8) is 0 Å². The second-order valence-electron chi connectivity index (χ2n) is 5.12. The van der Waals surface area contributed by atoms with Crippen LogP contribution < -0.4 is 5.32 Å². The van der Waals surface area contributed by atoms with Gasteiger partial charge in [0.15, 0.2) is 0 Å². The van der Waals surface area contributed by atoms with Gasteiger partial charge in [0.05, 0.1) is 5.92 Å². The number of nitrogens with one attached hydrogen (secondary N) is 1. The minimum atomic E-state index is -1.28. The van der Waals surface area contributed by atoms with E-state index < -0.39 is 46.9 Å². The number of hydrogen-bond donors (Lipinski definition) is 2. The number of carboxylic acids is 1. The van der Waals surface area contributed by atoms with E-state index >= 15 is 0 Å². The number of carbonyl (C=O) groups is 2. The summed E-state index contributed by atoms with van der Waals surface area (Å²) in [5.74, 6) is -6.20. The van der Waals surface area contributed by atoms with Gasteiger partial charge in [-0.05, 0) is 19.3 Å². The molecule has 1 aliphatic rings. The van der Waals surface area contributed by atoms with Crippen LogP contribution in [-0.4, -0.2) is 23.0 Å². The molecule has 7 heteroatoms. The Morgan fingerprint density at radius 1 is 1.14 bits per heavy atom. The van der Waals surface area contributed by atoms with E-state index in [0.29, 0.717) is 31.4 Å². The zero-order valence-electron chi connectivity index (χ0n) is 11.0. The maximum Gasteiger partial charge on any atom is 0.306 e. The Bertz CT molecular complexity index is 554. The normalized spacial score (nSPS) is 21.9. The molecule has 0 bridgehead atoms. The summed E-state index contributed by atoms with van der Waals surface area (Å²) in [4.78, 5) is 22.8. The topological polar surface area (TPSA) is 66.4 Å². The second kappa shape index (κ2) is 6.15. The molecule has 2 unspecified atom stereocenters. The lowest BCUT2D eigenvalue weighted by atomic mass is 9.85. The van der Waals surface area contributed by atoms with Crippen LogP contribution >= 0.6 is 0 Å². The summed E-state index contributed by atoms with van der Waals surface area (Å²) in [5, 5.41) is 11.4. The summed E-state index contributed by atoms with van der Waals surface area (Å²) in [6.45, 7) is 0. The Morgan fingerprint density at radius 3 is 2.33 bits per heavy atom. The summed E-state index contributed by atoms with van der Waals surface area (Å²) < 4.78 is 39.8. The molecule has 1 aromatic carbocycles. The SMILES string of the molecule is O=C(NC1CCCC(C(=O)O)C1)c1c(F)cc(F)cc1F. The molecule has 1 amide bonds. The lowest BCUT2D eigenvalue weighted by molar-refractivity contribution is -0.143. The van der Waals surface area contributed by atoms with Gasteiger partial charge >= 0.3 is 5.97 Å². The summed E-state index contributed by atoms with van der Waals surface area (Å²) in [7, 11) is 0. The molecule has 1 aromatic rings. The van der Waals surface area contributed by atoms with Gasteiger partial charge in [0.25, 0.3) is 5.91 Å². The number of carboxylic acid groups (broad SMARTS) is 1. The average molecular weight is 301 g/mol. The van der Waals surface area contributed by atoms with Gasteiger partial charge in [-0.15, -0.1) is 0 Å². The Kier molecular flexibility index (Phi) is 4.50. The number of halogens is 3. The van der Waals surface area contributed by atoms with Crippen LogP contribution in [-0.2, 0) is 4.79 Å². The third kappa shape index (κ3) is 3.53. The average Bonchev–Trinajstić information content (AvgIpc) is 2.37. The highest BCUT2D eigenvalue weighted by Crippen LogP contribution is 2.25. The molecular weight excluding hydrogens is 287 g/mol. The number of carbonyl (C=O) groups excluding carboxylic acids is 1. The Morgan fingerprint density at radius 2 is 1.76 bits per heavy atom. The molecule has 0 aromatic heterocycles. The van der Waals surface area contributed by atoms with Crippen LogP contribution in [0.3, 0.4) is 0 Å². The molecule has 4 nitrogen and oxygen atoms in total. The molecule has 0 radical (unpaired) electrons. The van der Waals surface area contributed by atoms with E-state index in [2.05, 4.69) is 5.32 Å². The Hall–Kier alpha value is -2.05. The predicted molar refractivity (Wildman–Crippen MR) is 67.2 cm³/mol. The van der Waals surface area contributed by atoms with E-state index in [9.17, 15) is 22.8 Å². The fourth-order valence-electron chi connectivity index (χ4n) is 2.56. The van der Waals surface area contributed by atoms with Gasteiger partial charge in [-0.2, -0.15) is 0 Å². The number of amides is 1. The number of rotatable bonds is 3. The van der Waals surface area contributed by atoms with Gasteiger partial charge in [-0.25, -0.2) is 13.2 Å². The molecule has 0 heterocycles. The van der Waals surface area contributed by atoms with Crippen LogP contribution in [0.4, 0.5) is 13.2 Å². The quantitative estimate of drug-likeness (QED) is 0.901. The molecule has 0 spiro atoms. The first-order valence-corrected chi connectivity index (χ1v) is 6.56. The fourth-order valence-corrected chi connectivity index (χ4v) is 2.56. The van der Waals surface area contributed by atoms with Gasteiger partial charge < -0.3 is 10.4 Å². The van der Waals surface area contributed by atoms with Crippen LogP contribution in [0.1, 0.15) is 36.0 Å². The van der Waals surface area contributed by atoms with Crippen LogP contribution in [0.2, 0.25) is 0 Å². The van der Waals surface area contributed by atoms with Crippen molar-refractivity contribution < 1.29 is 27.9 Å². The molecule has 0 saturated heterocycles. The summed E-state index contributed by atoms with van der Waals surface area (Å²) >= 11 is 0. The lowest BCUT2D eigenvalue weighted by Gasteiger charge is -2.27. The summed E-state index contributed by atoms with van der Waals surface area (Å²) in [6.07, 6.45) is 1.88. The van der Waals surface area contributed by atoms with Gasteiger partial charge in [0.2, 0.25) is 0 Å². The molecule has 114 valence electrons. The van der Waals surface area contributed by atoms with Crippen LogP contribution in [0, 0.1) is 23.4 Å². The van der Waals surface area contributed by atoms with Crippen LogP contribution in [0.15, 0.2) is 12.1 Å². The second-order valence-corrected chi connectivity index (χ2v) is 5.12. The third-order valence-electron chi connectivity index (χ3n) is 3.59. The van der Waals surface area contributed by atoms with Crippen molar-refractivity contribution in [2.45, 2.75) is 31.7 Å². The highest BCUT2D eigenvalue weighted by Gasteiger charge is 2.29. The van der Waals surface area contributed by atoms with Crippen molar-refractivity contribution >= 4 is 11.9 Å². The van der Waals surface area contributed by atoms with Gasteiger partial charge in [-0.1, -0.05) is 6.42 Å². The van der Waals surface area contributed by atoms with Crippen LogP contribution in [0.25, 0.3) is 0 Å². The maximum atomic E-state index is 13.5. The van der Waals surface area contributed by atoms with E-state index in [1.54, 1.807) is 0 Å². The van der Waals surface area contributed by atoms with Crippen molar-refractivity contribution in [3.8, 4) is 0 Å². The molecule has 0 aliphatic heterocycles. The first kappa shape index (κ1) is 15.3. The van der Waals surface area contributed by atoms with E-state index in [4.69, 9.17) is 5.11 Å². The zero-order chi connectivity index (χ0) is 15.6. The highest BCUT2D eigenvalue weighted by molar-refractivity contribution is 5.95. The van der Waals surface area contributed by atoms with E-state index in [1.165, 1.54) is 0 Å². The predicted octanol–water partition coefficient (Wildman–Crippen LogP) is 2.48. The molecule has 2 N–H and O–H groups in total. The molecule has 2 rings (SSSR count). The number of aliphatic carboxylic acids is 1. The Labute approximate surface area is 119 Å². The minimum Gasteiger partial charge on any atom is -0.481 e. The maximum absolute atomic E-state index is 13.5. The van der Waals surface area contributed by atoms with E-state index in [0.717, 1.165) is 0 Å². The Balaban J connectivity index is 2.10. The first-order valence-electron chi connectivity index (χ1n) is 6.56. The minimum absolute atomic E-state index is 0.214. The molecule has 1 fully saturated rings. The van der Waals surface area contributed by atoms with Crippen LogP contribution in [0.5, 0.6) is 0 Å². The van der Waals surface area contributed by atoms with E-state index in [-0.39, 0.29) is 6.42 Å². The largest absolute Gasteiger partial charge is 0.481 e. The summed E-state index contributed by atoms with van der Waals surface area (Å²) in [5.41, 5.74) is -0.853.